The van der Waals surface area contributed by atoms with E-state index in [2.05, 4.69) is 29.4 Å². The molecule has 1 aliphatic rings. The average molecular weight is 260 g/mol. The smallest absolute Gasteiger partial charge is 0.0876 e. The molecule has 0 aliphatic carbocycles. The van der Waals surface area contributed by atoms with Gasteiger partial charge in [-0.1, -0.05) is 6.92 Å². The van der Waals surface area contributed by atoms with E-state index in [0.29, 0.717) is 6.04 Å². The number of nitrogens with zero attached hydrogens (tertiary/aromatic N) is 1. The molecule has 0 bridgehead atoms. The molecule has 2 heterocycles. The predicted octanol–water partition coefficient (Wildman–Crippen LogP) is 3.08. The number of hydrogen-bond donors (Lipinski definition) is 1. The summed E-state index contributed by atoms with van der Waals surface area (Å²) in [7, 11) is 0. The van der Waals surface area contributed by atoms with Crippen molar-refractivity contribution in [1.82, 2.24) is 10.3 Å². The Hall–Kier alpha value is -1.35. The molecule has 1 aliphatic heterocycles. The zero-order valence-corrected chi connectivity index (χ0v) is 11.8. The van der Waals surface area contributed by atoms with Crippen LogP contribution in [0.5, 0.6) is 0 Å². The van der Waals surface area contributed by atoms with Gasteiger partial charge in [0.1, 0.15) is 0 Å². The molecule has 3 heteroatoms. The van der Waals surface area contributed by atoms with Gasteiger partial charge in [0, 0.05) is 18.4 Å². The van der Waals surface area contributed by atoms with Crippen molar-refractivity contribution < 1.29 is 4.74 Å². The molecule has 1 atom stereocenters. The fourth-order valence-electron chi connectivity index (χ4n) is 2.44. The van der Waals surface area contributed by atoms with Crippen LogP contribution in [-0.2, 0) is 11.2 Å². The SMILES string of the molecule is CCCNC(CCc1ccncc1)C1=COCCC1. The number of rotatable bonds is 7. The summed E-state index contributed by atoms with van der Waals surface area (Å²) in [5, 5.41) is 3.65. The molecule has 0 saturated heterocycles. The molecular formula is C16H24N2O. The summed E-state index contributed by atoms with van der Waals surface area (Å²) in [6, 6.07) is 4.65. The normalized spacial score (nSPS) is 16.6. The highest BCUT2D eigenvalue weighted by atomic mass is 16.5. The van der Waals surface area contributed by atoms with Gasteiger partial charge in [0.25, 0.3) is 0 Å². The molecule has 1 aromatic rings. The molecule has 0 saturated carbocycles. The number of ether oxygens (including phenoxy) is 1. The van der Waals surface area contributed by atoms with Crippen molar-refractivity contribution in [3.63, 3.8) is 0 Å². The first kappa shape index (κ1) is 14.1. The van der Waals surface area contributed by atoms with Crippen LogP contribution in [0.2, 0.25) is 0 Å². The summed E-state index contributed by atoms with van der Waals surface area (Å²) in [6.07, 6.45) is 11.4. The van der Waals surface area contributed by atoms with Gasteiger partial charge in [-0.25, -0.2) is 0 Å². The number of pyridine rings is 1. The second-order valence-electron chi connectivity index (χ2n) is 5.07. The number of nitrogens with one attached hydrogen (secondary N) is 1. The lowest BCUT2D eigenvalue weighted by Crippen LogP contribution is -2.33. The highest BCUT2D eigenvalue weighted by Gasteiger charge is 2.16. The largest absolute Gasteiger partial charge is 0.501 e. The summed E-state index contributed by atoms with van der Waals surface area (Å²) in [4.78, 5) is 4.06. The van der Waals surface area contributed by atoms with Gasteiger partial charge in [-0.3, -0.25) is 4.98 Å². The van der Waals surface area contributed by atoms with E-state index in [1.54, 1.807) is 0 Å². The average Bonchev–Trinajstić information content (AvgIpc) is 2.49. The van der Waals surface area contributed by atoms with Gasteiger partial charge < -0.3 is 10.1 Å². The van der Waals surface area contributed by atoms with Gasteiger partial charge in [-0.05, 0) is 61.9 Å². The topological polar surface area (TPSA) is 34.2 Å². The third-order valence-corrected chi connectivity index (χ3v) is 3.52. The molecule has 0 aromatic carbocycles. The third-order valence-electron chi connectivity index (χ3n) is 3.52. The lowest BCUT2D eigenvalue weighted by molar-refractivity contribution is 0.218. The van der Waals surface area contributed by atoms with Crippen molar-refractivity contribution >= 4 is 0 Å². The fourth-order valence-corrected chi connectivity index (χ4v) is 2.44. The molecule has 19 heavy (non-hydrogen) atoms. The summed E-state index contributed by atoms with van der Waals surface area (Å²) in [5.74, 6) is 0. The van der Waals surface area contributed by atoms with E-state index in [0.717, 1.165) is 38.8 Å². The highest BCUT2D eigenvalue weighted by molar-refractivity contribution is 5.14. The Bertz CT molecular complexity index is 389. The molecule has 1 aromatic heterocycles. The van der Waals surface area contributed by atoms with Gasteiger partial charge in [-0.2, -0.15) is 0 Å². The van der Waals surface area contributed by atoms with Gasteiger partial charge >= 0.3 is 0 Å². The minimum absolute atomic E-state index is 0.452. The lowest BCUT2D eigenvalue weighted by atomic mass is 9.96. The van der Waals surface area contributed by atoms with Gasteiger partial charge in [0.2, 0.25) is 0 Å². The Morgan fingerprint density at radius 2 is 2.21 bits per heavy atom. The Morgan fingerprint density at radius 3 is 2.89 bits per heavy atom. The van der Waals surface area contributed by atoms with Crippen molar-refractivity contribution in [2.45, 2.75) is 45.1 Å². The van der Waals surface area contributed by atoms with E-state index < -0.39 is 0 Å². The van der Waals surface area contributed by atoms with Crippen LogP contribution in [0.4, 0.5) is 0 Å². The minimum atomic E-state index is 0.452. The Balaban J connectivity index is 1.91. The maximum Gasteiger partial charge on any atom is 0.0876 e. The summed E-state index contributed by atoms with van der Waals surface area (Å²) >= 11 is 0. The molecule has 2 rings (SSSR count). The number of aryl methyl sites for hydroxylation is 1. The minimum Gasteiger partial charge on any atom is -0.501 e. The van der Waals surface area contributed by atoms with E-state index in [1.807, 2.05) is 18.7 Å². The second kappa shape index (κ2) is 7.95. The number of hydrogen-bond acceptors (Lipinski definition) is 3. The monoisotopic (exact) mass is 260 g/mol. The molecule has 0 spiro atoms. The quantitative estimate of drug-likeness (QED) is 0.818. The molecule has 1 unspecified atom stereocenters. The molecule has 0 amide bonds. The zero-order chi connectivity index (χ0) is 13.3. The van der Waals surface area contributed by atoms with Crippen LogP contribution in [0.1, 0.15) is 38.2 Å². The highest BCUT2D eigenvalue weighted by Crippen LogP contribution is 2.19. The molecule has 1 N–H and O–H groups in total. The van der Waals surface area contributed by atoms with Crippen molar-refractivity contribution in [3.05, 3.63) is 41.9 Å². The molecule has 3 nitrogen and oxygen atoms in total. The molecule has 0 radical (unpaired) electrons. The first-order valence-electron chi connectivity index (χ1n) is 7.33. The Labute approximate surface area is 116 Å². The van der Waals surface area contributed by atoms with Crippen molar-refractivity contribution in [1.29, 1.82) is 0 Å². The Morgan fingerprint density at radius 1 is 1.37 bits per heavy atom. The molecule has 104 valence electrons. The van der Waals surface area contributed by atoms with Crippen molar-refractivity contribution in [2.75, 3.05) is 13.2 Å². The second-order valence-corrected chi connectivity index (χ2v) is 5.07. The maximum absolute atomic E-state index is 5.48. The van der Waals surface area contributed by atoms with Crippen molar-refractivity contribution in [3.8, 4) is 0 Å². The predicted molar refractivity (Wildman–Crippen MR) is 77.9 cm³/mol. The summed E-state index contributed by atoms with van der Waals surface area (Å²) in [6.45, 7) is 4.14. The molecular weight excluding hydrogens is 236 g/mol. The van der Waals surface area contributed by atoms with E-state index in [4.69, 9.17) is 4.74 Å². The van der Waals surface area contributed by atoms with Crippen LogP contribution >= 0.6 is 0 Å². The van der Waals surface area contributed by atoms with E-state index in [-0.39, 0.29) is 0 Å². The van der Waals surface area contributed by atoms with E-state index >= 15 is 0 Å². The maximum atomic E-state index is 5.48. The van der Waals surface area contributed by atoms with Gasteiger partial charge in [-0.15, -0.1) is 0 Å². The van der Waals surface area contributed by atoms with Crippen LogP contribution in [0.15, 0.2) is 36.4 Å². The van der Waals surface area contributed by atoms with Gasteiger partial charge in [0.05, 0.1) is 12.9 Å². The lowest BCUT2D eigenvalue weighted by Gasteiger charge is -2.24. The first-order valence-corrected chi connectivity index (χ1v) is 7.33. The van der Waals surface area contributed by atoms with E-state index in [9.17, 15) is 0 Å². The standard InChI is InChI=1S/C16H24N2O/c1-2-9-18-16(15-4-3-12-19-13-15)6-5-14-7-10-17-11-8-14/h7-8,10-11,13,16,18H,2-6,9,12H2,1H3. The fraction of sp³-hybridized carbons (Fsp3) is 0.562. The first-order chi connectivity index (χ1) is 9.40. The van der Waals surface area contributed by atoms with Gasteiger partial charge in [0.15, 0.2) is 0 Å². The van der Waals surface area contributed by atoms with Crippen LogP contribution in [0, 0.1) is 0 Å². The zero-order valence-electron chi connectivity index (χ0n) is 11.8. The van der Waals surface area contributed by atoms with Crippen LogP contribution in [0.3, 0.4) is 0 Å². The number of aromatic nitrogens is 1. The third kappa shape index (κ3) is 4.67. The van der Waals surface area contributed by atoms with Crippen LogP contribution in [0.25, 0.3) is 0 Å². The van der Waals surface area contributed by atoms with Crippen LogP contribution in [-0.4, -0.2) is 24.2 Å². The van der Waals surface area contributed by atoms with Crippen molar-refractivity contribution in [2.24, 2.45) is 0 Å². The summed E-state index contributed by atoms with van der Waals surface area (Å²) in [5.41, 5.74) is 2.78. The summed E-state index contributed by atoms with van der Waals surface area (Å²) < 4.78 is 5.48. The van der Waals surface area contributed by atoms with Crippen LogP contribution < -0.4 is 5.32 Å². The molecule has 0 fully saturated rings. The van der Waals surface area contributed by atoms with E-state index in [1.165, 1.54) is 17.6 Å². The Kier molecular flexibility index (Phi) is 5.89.